The fourth-order valence-electron chi connectivity index (χ4n) is 3.89. The zero-order chi connectivity index (χ0) is 19.9. The van der Waals surface area contributed by atoms with E-state index in [0.717, 1.165) is 42.1 Å². The first-order valence-electron chi connectivity index (χ1n) is 9.42. The number of aliphatic hydroxyl groups excluding tert-OH is 1. The van der Waals surface area contributed by atoms with E-state index in [9.17, 15) is 15.0 Å². The predicted molar refractivity (Wildman–Crippen MR) is 109 cm³/mol. The number of allylic oxidation sites excluding steroid dienone is 4. The minimum absolute atomic E-state index is 0.00837. The molecular formula is C22H26N2O3. The summed E-state index contributed by atoms with van der Waals surface area (Å²) in [6.07, 6.45) is 0.830. The number of phenols is 1. The second kappa shape index (κ2) is 7.06. The van der Waals surface area contributed by atoms with Crippen LogP contribution in [0, 0.1) is 0 Å². The van der Waals surface area contributed by atoms with E-state index in [-0.39, 0.29) is 28.4 Å². The maximum atomic E-state index is 12.8. The van der Waals surface area contributed by atoms with Crippen LogP contribution in [0.15, 0.2) is 51.4 Å². The van der Waals surface area contributed by atoms with Gasteiger partial charge in [-0.25, -0.2) is 0 Å². The van der Waals surface area contributed by atoms with Gasteiger partial charge < -0.3 is 15.1 Å². The Morgan fingerprint density at radius 3 is 2.19 bits per heavy atom. The van der Waals surface area contributed by atoms with E-state index < -0.39 is 0 Å². The molecular weight excluding hydrogens is 340 g/mol. The quantitative estimate of drug-likeness (QED) is 0.750. The molecule has 0 spiro atoms. The van der Waals surface area contributed by atoms with E-state index in [4.69, 9.17) is 0 Å². The Morgan fingerprint density at radius 2 is 1.70 bits per heavy atom. The lowest BCUT2D eigenvalue weighted by molar-refractivity contribution is -0.111. The number of Topliss-reactive ketones (excluding diaryl/α,β-unsaturated/α-hetero) is 1. The normalized spacial score (nSPS) is 19.6. The highest BCUT2D eigenvalue weighted by molar-refractivity contribution is 6.40. The van der Waals surface area contributed by atoms with Gasteiger partial charge >= 0.3 is 0 Å². The van der Waals surface area contributed by atoms with Crippen molar-refractivity contribution in [3.63, 3.8) is 0 Å². The second-order valence-corrected chi connectivity index (χ2v) is 6.80. The molecule has 0 fully saturated rings. The largest absolute Gasteiger partial charge is 0.507 e. The van der Waals surface area contributed by atoms with E-state index in [0.29, 0.717) is 11.3 Å². The standard InChI is InChI=1S/C22H26N2O3/c1-6-15-12(4)20(23-13(15)5)19-21(26)18(22(19)27)16-10-9-14(11-17(16)25)24(7-2)8-3/h9-11,25-26H,6-8H2,1-5H3. The van der Waals surface area contributed by atoms with E-state index in [1.807, 2.05) is 40.7 Å². The van der Waals surface area contributed by atoms with Gasteiger partial charge in [0.2, 0.25) is 5.78 Å². The van der Waals surface area contributed by atoms with Crippen molar-refractivity contribution in [2.75, 3.05) is 18.0 Å². The lowest BCUT2D eigenvalue weighted by Crippen LogP contribution is -2.24. The monoisotopic (exact) mass is 366 g/mol. The molecule has 1 heterocycles. The molecule has 0 amide bonds. The highest BCUT2D eigenvalue weighted by Crippen LogP contribution is 2.44. The Hall–Kier alpha value is -2.82. The molecule has 0 saturated heterocycles. The minimum Gasteiger partial charge on any atom is -0.507 e. The number of carbonyl (C=O) groups is 1. The average molecular weight is 366 g/mol. The maximum absolute atomic E-state index is 12.8. The topological polar surface area (TPSA) is 73.1 Å². The first-order valence-corrected chi connectivity index (χ1v) is 9.42. The number of aromatic hydroxyl groups is 1. The minimum atomic E-state index is -0.276. The first kappa shape index (κ1) is 19.0. The van der Waals surface area contributed by atoms with Crippen LogP contribution in [0.3, 0.4) is 0 Å². The molecule has 1 aromatic rings. The average Bonchev–Trinajstić information content (AvgIpc) is 2.91. The maximum Gasteiger partial charge on any atom is 0.203 e. The Kier molecular flexibility index (Phi) is 4.96. The van der Waals surface area contributed by atoms with Crippen molar-refractivity contribution in [3.05, 3.63) is 51.9 Å². The number of ketones is 1. The number of hydrogen-bond acceptors (Lipinski definition) is 5. The molecule has 0 atom stereocenters. The van der Waals surface area contributed by atoms with Crippen LogP contribution < -0.4 is 4.90 Å². The molecule has 1 aliphatic carbocycles. The molecule has 0 unspecified atom stereocenters. The van der Waals surface area contributed by atoms with Crippen molar-refractivity contribution in [3.8, 4) is 5.75 Å². The van der Waals surface area contributed by atoms with E-state index in [1.54, 1.807) is 12.1 Å². The second-order valence-electron chi connectivity index (χ2n) is 6.80. The van der Waals surface area contributed by atoms with Gasteiger partial charge in [-0.2, -0.15) is 0 Å². The summed E-state index contributed by atoms with van der Waals surface area (Å²) >= 11 is 0. The smallest absolute Gasteiger partial charge is 0.203 e. The van der Waals surface area contributed by atoms with Gasteiger partial charge in [-0.3, -0.25) is 9.79 Å². The number of nitrogens with zero attached hydrogens (tertiary/aromatic N) is 2. The summed E-state index contributed by atoms with van der Waals surface area (Å²) < 4.78 is 0. The van der Waals surface area contributed by atoms with Crippen LogP contribution in [-0.2, 0) is 4.79 Å². The Balaban J connectivity index is 2.05. The molecule has 1 aliphatic heterocycles. The molecule has 0 saturated carbocycles. The van der Waals surface area contributed by atoms with Crippen LogP contribution in [0.1, 0.15) is 46.6 Å². The van der Waals surface area contributed by atoms with Crippen LogP contribution in [-0.4, -0.2) is 34.8 Å². The zero-order valence-corrected chi connectivity index (χ0v) is 16.6. The number of rotatable bonds is 5. The molecule has 5 heteroatoms. The summed E-state index contributed by atoms with van der Waals surface area (Å²) in [6.45, 7) is 11.6. The van der Waals surface area contributed by atoms with Crippen molar-refractivity contribution < 1.29 is 15.0 Å². The number of hydrogen-bond donors (Lipinski definition) is 2. The van der Waals surface area contributed by atoms with Crippen molar-refractivity contribution >= 4 is 22.8 Å². The highest BCUT2D eigenvalue weighted by atomic mass is 16.3. The SMILES string of the molecule is CCC1=C(C)C(=C2C(=O)C(c3ccc(N(CC)CC)cc3O)=C2O)N=C1C. The Bertz CT molecular complexity index is 944. The first-order chi connectivity index (χ1) is 12.8. The summed E-state index contributed by atoms with van der Waals surface area (Å²) in [5.74, 6) is -0.373. The predicted octanol–water partition coefficient (Wildman–Crippen LogP) is 4.55. The van der Waals surface area contributed by atoms with Gasteiger partial charge in [0.15, 0.2) is 0 Å². The van der Waals surface area contributed by atoms with Crippen LogP contribution in [0.2, 0.25) is 0 Å². The van der Waals surface area contributed by atoms with Crippen molar-refractivity contribution in [2.24, 2.45) is 4.99 Å². The van der Waals surface area contributed by atoms with Gasteiger partial charge in [-0.1, -0.05) is 6.92 Å². The van der Waals surface area contributed by atoms with Crippen LogP contribution in [0.5, 0.6) is 5.75 Å². The molecule has 3 rings (SSSR count). The van der Waals surface area contributed by atoms with Crippen LogP contribution in [0.4, 0.5) is 5.69 Å². The molecule has 0 bridgehead atoms. The fourth-order valence-corrected chi connectivity index (χ4v) is 3.89. The summed E-state index contributed by atoms with van der Waals surface area (Å²) in [5, 5.41) is 21.0. The zero-order valence-electron chi connectivity index (χ0n) is 16.6. The fraction of sp³-hybridized carbons (Fsp3) is 0.364. The molecule has 0 radical (unpaired) electrons. The third kappa shape index (κ3) is 2.87. The molecule has 0 aromatic heterocycles. The van der Waals surface area contributed by atoms with Gasteiger partial charge in [-0.05, 0) is 57.4 Å². The van der Waals surface area contributed by atoms with Crippen LogP contribution >= 0.6 is 0 Å². The van der Waals surface area contributed by atoms with E-state index in [2.05, 4.69) is 9.89 Å². The van der Waals surface area contributed by atoms with Crippen molar-refractivity contribution in [2.45, 2.75) is 41.0 Å². The number of aliphatic hydroxyl groups is 1. The number of aliphatic imine (C=N–C) groups is 1. The summed E-state index contributed by atoms with van der Waals surface area (Å²) in [7, 11) is 0. The molecule has 1 aromatic carbocycles. The van der Waals surface area contributed by atoms with Gasteiger partial charge in [0, 0.05) is 36.1 Å². The Morgan fingerprint density at radius 1 is 1.04 bits per heavy atom. The molecule has 2 N–H and O–H groups in total. The Labute approximate surface area is 160 Å². The van der Waals surface area contributed by atoms with Gasteiger partial charge in [0.05, 0.1) is 16.8 Å². The number of anilines is 1. The summed E-state index contributed by atoms with van der Waals surface area (Å²) in [4.78, 5) is 19.4. The number of benzene rings is 1. The van der Waals surface area contributed by atoms with Gasteiger partial charge in [0.1, 0.15) is 11.5 Å². The highest BCUT2D eigenvalue weighted by Gasteiger charge is 2.40. The molecule has 2 aliphatic rings. The number of phenolic OH excluding ortho intramolecular Hbond substituents is 1. The molecule has 27 heavy (non-hydrogen) atoms. The van der Waals surface area contributed by atoms with Gasteiger partial charge in [-0.15, -0.1) is 0 Å². The number of carbonyl (C=O) groups excluding carboxylic acids is 1. The van der Waals surface area contributed by atoms with Crippen molar-refractivity contribution in [1.82, 2.24) is 0 Å². The summed E-state index contributed by atoms with van der Waals surface area (Å²) in [5.41, 5.74) is 5.13. The lowest BCUT2D eigenvalue weighted by atomic mass is 9.81. The van der Waals surface area contributed by atoms with Crippen LogP contribution in [0.25, 0.3) is 5.57 Å². The van der Waals surface area contributed by atoms with E-state index >= 15 is 0 Å². The molecule has 142 valence electrons. The lowest BCUT2D eigenvalue weighted by Gasteiger charge is -2.25. The molecule has 5 nitrogen and oxygen atoms in total. The summed E-state index contributed by atoms with van der Waals surface area (Å²) in [6, 6.07) is 5.19. The third-order valence-corrected chi connectivity index (χ3v) is 5.42. The van der Waals surface area contributed by atoms with Gasteiger partial charge in [0.25, 0.3) is 0 Å². The van der Waals surface area contributed by atoms with Crippen molar-refractivity contribution in [1.29, 1.82) is 0 Å². The third-order valence-electron chi connectivity index (χ3n) is 5.42. The van der Waals surface area contributed by atoms with E-state index in [1.165, 1.54) is 0 Å².